The number of aromatic nitrogens is 4. The summed E-state index contributed by atoms with van der Waals surface area (Å²) < 4.78 is 0. The van der Waals surface area contributed by atoms with Crippen molar-refractivity contribution in [2.24, 2.45) is 0 Å². The van der Waals surface area contributed by atoms with Crippen molar-refractivity contribution in [3.8, 4) is 0 Å². The summed E-state index contributed by atoms with van der Waals surface area (Å²) in [6.45, 7) is 6.39. The molecule has 0 amide bonds. The minimum absolute atomic E-state index is 0.000413. The summed E-state index contributed by atoms with van der Waals surface area (Å²) in [7, 11) is 0. The Labute approximate surface area is 130 Å². The zero-order valence-electron chi connectivity index (χ0n) is 13.3. The standard InChI is InChI=1S/C16H23N5O/c1-3-4-5-15-17-8-12(20-15)9-21-7-6-14-13(10-21)16(22)19-11(2)18-14/h8H,3-7,9-10H2,1-2H3,(H,17,20)(H,18,19,22). The van der Waals surface area contributed by atoms with E-state index in [2.05, 4.69) is 31.8 Å². The van der Waals surface area contributed by atoms with E-state index in [0.29, 0.717) is 12.4 Å². The molecule has 0 atom stereocenters. The Balaban J connectivity index is 1.67. The molecule has 0 unspecified atom stereocenters. The fourth-order valence-corrected chi connectivity index (χ4v) is 2.94. The van der Waals surface area contributed by atoms with Gasteiger partial charge in [-0.15, -0.1) is 0 Å². The Bertz CT molecular complexity index is 703. The molecule has 6 heteroatoms. The van der Waals surface area contributed by atoms with E-state index < -0.39 is 0 Å². The largest absolute Gasteiger partial charge is 0.345 e. The second-order valence-corrected chi connectivity index (χ2v) is 6.00. The van der Waals surface area contributed by atoms with E-state index in [1.165, 1.54) is 6.42 Å². The molecule has 6 nitrogen and oxygen atoms in total. The summed E-state index contributed by atoms with van der Waals surface area (Å²) in [4.78, 5) is 29.4. The Morgan fingerprint density at radius 1 is 1.36 bits per heavy atom. The number of hydrogen-bond acceptors (Lipinski definition) is 4. The average molecular weight is 301 g/mol. The lowest BCUT2D eigenvalue weighted by Gasteiger charge is -2.26. The van der Waals surface area contributed by atoms with Gasteiger partial charge < -0.3 is 9.97 Å². The zero-order chi connectivity index (χ0) is 15.5. The summed E-state index contributed by atoms with van der Waals surface area (Å²) >= 11 is 0. The first kappa shape index (κ1) is 15.0. The Morgan fingerprint density at radius 2 is 2.23 bits per heavy atom. The van der Waals surface area contributed by atoms with Crippen LogP contribution in [0.4, 0.5) is 0 Å². The lowest BCUT2D eigenvalue weighted by atomic mass is 10.1. The molecule has 0 bridgehead atoms. The predicted molar refractivity (Wildman–Crippen MR) is 84.6 cm³/mol. The highest BCUT2D eigenvalue weighted by Crippen LogP contribution is 2.16. The number of unbranched alkanes of at least 4 members (excludes halogenated alkanes) is 1. The number of imidazole rings is 1. The van der Waals surface area contributed by atoms with Crippen LogP contribution < -0.4 is 5.56 Å². The molecule has 0 saturated heterocycles. The van der Waals surface area contributed by atoms with Crippen LogP contribution in [-0.2, 0) is 25.9 Å². The topological polar surface area (TPSA) is 77.7 Å². The van der Waals surface area contributed by atoms with E-state index >= 15 is 0 Å². The molecular formula is C16H23N5O. The second kappa shape index (κ2) is 6.44. The molecule has 2 N–H and O–H groups in total. The summed E-state index contributed by atoms with van der Waals surface area (Å²) in [5, 5.41) is 0. The Morgan fingerprint density at radius 3 is 3.05 bits per heavy atom. The third kappa shape index (κ3) is 3.27. The molecule has 1 aliphatic rings. The molecule has 22 heavy (non-hydrogen) atoms. The van der Waals surface area contributed by atoms with Crippen LogP contribution in [0.1, 0.15) is 48.4 Å². The highest BCUT2D eigenvalue weighted by atomic mass is 16.1. The molecule has 0 radical (unpaired) electrons. The number of nitrogens with one attached hydrogen (secondary N) is 2. The van der Waals surface area contributed by atoms with Crippen LogP contribution in [0, 0.1) is 6.92 Å². The molecule has 0 saturated carbocycles. The Kier molecular flexibility index (Phi) is 4.38. The molecule has 118 valence electrons. The molecule has 2 aromatic heterocycles. The normalized spacial score (nSPS) is 15.0. The van der Waals surface area contributed by atoms with E-state index in [1.807, 2.05) is 13.1 Å². The summed E-state index contributed by atoms with van der Waals surface area (Å²) in [5.74, 6) is 1.76. The molecule has 0 fully saturated rings. The fourth-order valence-electron chi connectivity index (χ4n) is 2.94. The van der Waals surface area contributed by atoms with Gasteiger partial charge in [0.1, 0.15) is 11.6 Å². The van der Waals surface area contributed by atoms with Crippen LogP contribution in [0.3, 0.4) is 0 Å². The van der Waals surface area contributed by atoms with Crippen LogP contribution in [0.15, 0.2) is 11.0 Å². The number of aromatic amines is 2. The molecular weight excluding hydrogens is 278 g/mol. The van der Waals surface area contributed by atoms with Gasteiger partial charge in [-0.1, -0.05) is 13.3 Å². The third-order valence-electron chi connectivity index (χ3n) is 4.11. The highest BCUT2D eigenvalue weighted by molar-refractivity contribution is 5.21. The SMILES string of the molecule is CCCCc1ncc(CN2CCc3nc(C)[nH]c(=O)c3C2)[nH]1. The number of fused-ring (bicyclic) bond motifs is 1. The van der Waals surface area contributed by atoms with Crippen LogP contribution in [0.25, 0.3) is 0 Å². The van der Waals surface area contributed by atoms with Crippen LogP contribution in [-0.4, -0.2) is 31.4 Å². The molecule has 0 aliphatic carbocycles. The van der Waals surface area contributed by atoms with Crippen molar-refractivity contribution in [2.75, 3.05) is 6.54 Å². The van der Waals surface area contributed by atoms with Crippen LogP contribution in [0.2, 0.25) is 0 Å². The van der Waals surface area contributed by atoms with Crippen molar-refractivity contribution < 1.29 is 0 Å². The van der Waals surface area contributed by atoms with Crippen molar-refractivity contribution in [1.82, 2.24) is 24.8 Å². The van der Waals surface area contributed by atoms with Gasteiger partial charge in [0, 0.05) is 44.4 Å². The zero-order valence-corrected chi connectivity index (χ0v) is 13.3. The Hall–Kier alpha value is -1.95. The fraction of sp³-hybridized carbons (Fsp3) is 0.562. The first-order valence-electron chi connectivity index (χ1n) is 7.99. The molecule has 3 heterocycles. The maximum absolute atomic E-state index is 12.1. The van der Waals surface area contributed by atoms with E-state index in [4.69, 9.17) is 0 Å². The van der Waals surface area contributed by atoms with Crippen molar-refractivity contribution in [2.45, 2.75) is 52.6 Å². The molecule has 1 aliphatic heterocycles. The smallest absolute Gasteiger partial charge is 0.255 e. The third-order valence-corrected chi connectivity index (χ3v) is 4.11. The molecule has 0 aromatic carbocycles. The average Bonchev–Trinajstić information content (AvgIpc) is 2.93. The van der Waals surface area contributed by atoms with E-state index in [9.17, 15) is 4.79 Å². The molecule has 2 aromatic rings. The number of aryl methyl sites for hydroxylation is 2. The van der Waals surface area contributed by atoms with Gasteiger partial charge >= 0.3 is 0 Å². The lowest BCUT2D eigenvalue weighted by molar-refractivity contribution is 0.239. The maximum Gasteiger partial charge on any atom is 0.255 e. The van der Waals surface area contributed by atoms with Crippen molar-refractivity contribution in [1.29, 1.82) is 0 Å². The van der Waals surface area contributed by atoms with Gasteiger partial charge in [0.25, 0.3) is 5.56 Å². The van der Waals surface area contributed by atoms with Crippen LogP contribution >= 0.6 is 0 Å². The first-order valence-corrected chi connectivity index (χ1v) is 7.99. The number of hydrogen-bond donors (Lipinski definition) is 2. The van der Waals surface area contributed by atoms with Gasteiger partial charge in [0.15, 0.2) is 0 Å². The van der Waals surface area contributed by atoms with Gasteiger partial charge in [0.2, 0.25) is 0 Å². The van der Waals surface area contributed by atoms with Crippen molar-refractivity contribution in [3.05, 3.63) is 45.2 Å². The highest BCUT2D eigenvalue weighted by Gasteiger charge is 2.21. The van der Waals surface area contributed by atoms with Gasteiger partial charge in [-0.2, -0.15) is 0 Å². The monoisotopic (exact) mass is 301 g/mol. The lowest BCUT2D eigenvalue weighted by Crippen LogP contribution is -2.35. The van der Waals surface area contributed by atoms with Crippen LogP contribution in [0.5, 0.6) is 0 Å². The molecule has 3 rings (SSSR count). The van der Waals surface area contributed by atoms with E-state index in [-0.39, 0.29) is 5.56 Å². The summed E-state index contributed by atoms with van der Waals surface area (Å²) in [6.07, 6.45) is 6.08. The molecule has 0 spiro atoms. The maximum atomic E-state index is 12.1. The first-order chi connectivity index (χ1) is 10.7. The van der Waals surface area contributed by atoms with Gasteiger partial charge in [0.05, 0.1) is 11.3 Å². The summed E-state index contributed by atoms with van der Waals surface area (Å²) in [6, 6.07) is 0. The van der Waals surface area contributed by atoms with Crippen molar-refractivity contribution in [3.63, 3.8) is 0 Å². The van der Waals surface area contributed by atoms with Gasteiger partial charge in [-0.25, -0.2) is 9.97 Å². The van der Waals surface area contributed by atoms with E-state index in [1.54, 1.807) is 0 Å². The van der Waals surface area contributed by atoms with E-state index in [0.717, 1.165) is 55.1 Å². The van der Waals surface area contributed by atoms with Gasteiger partial charge in [-0.05, 0) is 13.3 Å². The van der Waals surface area contributed by atoms with Gasteiger partial charge in [-0.3, -0.25) is 9.69 Å². The number of rotatable bonds is 5. The number of H-pyrrole nitrogens is 2. The minimum atomic E-state index is 0.000413. The van der Waals surface area contributed by atoms with Crippen molar-refractivity contribution >= 4 is 0 Å². The quantitative estimate of drug-likeness (QED) is 0.881. The minimum Gasteiger partial charge on any atom is -0.345 e. The predicted octanol–water partition coefficient (Wildman–Crippen LogP) is 1.70. The number of nitrogens with zero attached hydrogens (tertiary/aromatic N) is 3. The second-order valence-electron chi connectivity index (χ2n) is 6.00. The summed E-state index contributed by atoms with van der Waals surface area (Å²) in [5.41, 5.74) is 2.87.